The van der Waals surface area contributed by atoms with Crippen molar-refractivity contribution in [2.75, 3.05) is 0 Å². The van der Waals surface area contributed by atoms with Crippen LogP contribution in [0.3, 0.4) is 0 Å². The highest BCUT2D eigenvalue weighted by Gasteiger charge is 2.10. The minimum Gasteiger partial charge on any atom is -0.508 e. The van der Waals surface area contributed by atoms with Crippen molar-refractivity contribution in [2.24, 2.45) is 0 Å². The van der Waals surface area contributed by atoms with Crippen LogP contribution in [0.2, 0.25) is 0 Å². The second kappa shape index (κ2) is 3.13. The molecule has 0 aliphatic carbocycles. The van der Waals surface area contributed by atoms with E-state index in [1.165, 1.54) is 18.2 Å². The number of benzene rings is 1. The van der Waals surface area contributed by atoms with Crippen molar-refractivity contribution in [1.82, 2.24) is 4.98 Å². The summed E-state index contributed by atoms with van der Waals surface area (Å²) >= 11 is 0. The van der Waals surface area contributed by atoms with Crippen molar-refractivity contribution in [3.8, 4) is 5.75 Å². The van der Waals surface area contributed by atoms with Crippen LogP contribution in [0.1, 0.15) is 10.4 Å². The van der Waals surface area contributed by atoms with Gasteiger partial charge in [0, 0.05) is 17.0 Å². The predicted molar refractivity (Wildman–Crippen MR) is 53.2 cm³/mol. The number of hydrogen-bond acceptors (Lipinski definition) is 3. The summed E-state index contributed by atoms with van der Waals surface area (Å²) in [5, 5.41) is 18.4. The first-order valence-electron chi connectivity index (χ1n) is 4.17. The molecule has 0 unspecified atom stereocenters. The molecule has 0 amide bonds. The molecule has 5 heteroatoms. The quantitative estimate of drug-likeness (QED) is 0.646. The number of hydrogen-bond donors (Lipinski definition) is 3. The summed E-state index contributed by atoms with van der Waals surface area (Å²) in [5.74, 6) is -1.24. The molecule has 5 nitrogen and oxygen atoms in total. The summed E-state index contributed by atoms with van der Waals surface area (Å²) in [7, 11) is 0. The number of aromatic carboxylic acids is 1. The van der Waals surface area contributed by atoms with Gasteiger partial charge in [0.2, 0.25) is 5.56 Å². The van der Waals surface area contributed by atoms with Gasteiger partial charge in [-0.25, -0.2) is 4.79 Å². The third kappa shape index (κ3) is 1.54. The van der Waals surface area contributed by atoms with E-state index in [0.717, 1.165) is 6.07 Å². The smallest absolute Gasteiger partial charge is 0.336 e. The zero-order valence-corrected chi connectivity index (χ0v) is 7.52. The maximum absolute atomic E-state index is 11.1. The van der Waals surface area contributed by atoms with E-state index in [0.29, 0.717) is 10.9 Å². The molecular weight excluding hydrogens is 198 g/mol. The van der Waals surface area contributed by atoms with Gasteiger partial charge in [-0.05, 0) is 18.2 Å². The van der Waals surface area contributed by atoms with Crippen molar-refractivity contribution in [1.29, 1.82) is 0 Å². The number of phenolic OH excluding ortho intramolecular Hbond substituents is 1. The lowest BCUT2D eigenvalue weighted by molar-refractivity contribution is 0.0699. The number of H-pyrrole nitrogens is 1. The van der Waals surface area contributed by atoms with E-state index in [4.69, 9.17) is 5.11 Å². The van der Waals surface area contributed by atoms with Crippen molar-refractivity contribution in [2.45, 2.75) is 0 Å². The molecule has 0 fully saturated rings. The van der Waals surface area contributed by atoms with Crippen LogP contribution in [0.4, 0.5) is 0 Å². The summed E-state index contributed by atoms with van der Waals surface area (Å²) in [6.07, 6.45) is 0. The molecule has 3 N–H and O–H groups in total. The normalized spacial score (nSPS) is 10.4. The molecular formula is C10H7NO4. The highest BCUT2D eigenvalue weighted by molar-refractivity contribution is 6.02. The van der Waals surface area contributed by atoms with E-state index in [-0.39, 0.29) is 11.3 Å². The Balaban J connectivity index is 2.94. The van der Waals surface area contributed by atoms with Crippen LogP contribution in [0.15, 0.2) is 29.1 Å². The second-order valence-corrected chi connectivity index (χ2v) is 3.08. The number of carboxylic acids is 1. The number of rotatable bonds is 1. The zero-order valence-electron chi connectivity index (χ0n) is 7.52. The molecule has 1 aromatic carbocycles. The zero-order chi connectivity index (χ0) is 11.0. The van der Waals surface area contributed by atoms with Crippen LogP contribution in [0, 0.1) is 0 Å². The van der Waals surface area contributed by atoms with E-state index >= 15 is 0 Å². The Morgan fingerprint density at radius 3 is 2.67 bits per heavy atom. The molecule has 0 saturated heterocycles. The van der Waals surface area contributed by atoms with Crippen LogP contribution in [-0.2, 0) is 0 Å². The Bertz CT molecular complexity index is 600. The number of pyridine rings is 1. The SMILES string of the molecule is O=C(O)c1cc(=O)[nH]c2ccc(O)cc12. The average Bonchev–Trinajstić information content (AvgIpc) is 2.17. The lowest BCUT2D eigenvalue weighted by Crippen LogP contribution is -2.09. The topological polar surface area (TPSA) is 90.4 Å². The fourth-order valence-corrected chi connectivity index (χ4v) is 1.42. The number of aromatic amines is 1. The average molecular weight is 205 g/mol. The third-order valence-electron chi connectivity index (χ3n) is 2.06. The van der Waals surface area contributed by atoms with Gasteiger partial charge >= 0.3 is 5.97 Å². The molecule has 0 saturated carbocycles. The van der Waals surface area contributed by atoms with E-state index in [1.54, 1.807) is 0 Å². The second-order valence-electron chi connectivity index (χ2n) is 3.08. The fraction of sp³-hybridized carbons (Fsp3) is 0. The van der Waals surface area contributed by atoms with Gasteiger partial charge in [0.25, 0.3) is 0 Å². The van der Waals surface area contributed by atoms with Gasteiger partial charge < -0.3 is 15.2 Å². The van der Waals surface area contributed by atoms with Gasteiger partial charge in [0.05, 0.1) is 5.56 Å². The number of aromatic nitrogens is 1. The summed E-state index contributed by atoms with van der Waals surface area (Å²) < 4.78 is 0. The monoisotopic (exact) mass is 205 g/mol. The van der Waals surface area contributed by atoms with Gasteiger partial charge in [0.15, 0.2) is 0 Å². The van der Waals surface area contributed by atoms with Crippen molar-refractivity contribution >= 4 is 16.9 Å². The lowest BCUT2D eigenvalue weighted by Gasteiger charge is -2.02. The van der Waals surface area contributed by atoms with Crippen LogP contribution >= 0.6 is 0 Å². The number of carbonyl (C=O) groups is 1. The van der Waals surface area contributed by atoms with Gasteiger partial charge in [-0.3, -0.25) is 4.79 Å². The van der Waals surface area contributed by atoms with E-state index in [2.05, 4.69) is 4.98 Å². The number of aromatic hydroxyl groups is 1. The van der Waals surface area contributed by atoms with Crippen molar-refractivity contribution in [3.05, 3.63) is 40.2 Å². The molecule has 0 radical (unpaired) electrons. The maximum atomic E-state index is 11.1. The van der Waals surface area contributed by atoms with Crippen LogP contribution in [0.5, 0.6) is 5.75 Å². The summed E-state index contributed by atoms with van der Waals surface area (Å²) in [6.45, 7) is 0. The molecule has 1 aromatic heterocycles. The molecule has 0 aliphatic rings. The predicted octanol–water partition coefficient (Wildman–Crippen LogP) is 0.932. The molecule has 76 valence electrons. The van der Waals surface area contributed by atoms with Crippen molar-refractivity contribution < 1.29 is 15.0 Å². The Labute approximate surface area is 83.6 Å². The molecule has 0 bridgehead atoms. The Kier molecular flexibility index (Phi) is 1.93. The molecule has 0 atom stereocenters. The number of fused-ring (bicyclic) bond motifs is 1. The van der Waals surface area contributed by atoms with Gasteiger partial charge in [-0.1, -0.05) is 0 Å². The van der Waals surface area contributed by atoms with Crippen LogP contribution < -0.4 is 5.56 Å². The first-order chi connectivity index (χ1) is 7.08. The third-order valence-corrected chi connectivity index (χ3v) is 2.06. The molecule has 1 heterocycles. The number of carboxylic acid groups (broad SMARTS) is 1. The van der Waals surface area contributed by atoms with E-state index in [9.17, 15) is 14.7 Å². The summed E-state index contributed by atoms with van der Waals surface area (Å²) in [5.41, 5.74) is -0.215. The summed E-state index contributed by atoms with van der Waals surface area (Å²) in [4.78, 5) is 24.4. The first-order valence-corrected chi connectivity index (χ1v) is 4.17. The first kappa shape index (κ1) is 9.26. The molecule has 2 rings (SSSR count). The van der Waals surface area contributed by atoms with E-state index in [1.807, 2.05) is 0 Å². The highest BCUT2D eigenvalue weighted by Crippen LogP contribution is 2.20. The van der Waals surface area contributed by atoms with Gasteiger partial charge in [-0.2, -0.15) is 0 Å². The Morgan fingerprint density at radius 1 is 1.27 bits per heavy atom. The minimum atomic E-state index is -1.20. The lowest BCUT2D eigenvalue weighted by atomic mass is 10.1. The minimum absolute atomic E-state index is 0.0444. The standard InChI is InChI=1S/C10H7NO4/c12-5-1-2-8-6(3-5)7(10(14)15)4-9(13)11-8/h1-4,12H,(H,11,13)(H,14,15). The largest absolute Gasteiger partial charge is 0.508 e. The summed E-state index contributed by atoms with van der Waals surface area (Å²) in [6, 6.07) is 5.13. The highest BCUT2D eigenvalue weighted by atomic mass is 16.4. The molecule has 2 aromatic rings. The Hall–Kier alpha value is -2.30. The molecule has 0 aliphatic heterocycles. The van der Waals surface area contributed by atoms with E-state index < -0.39 is 11.5 Å². The fourth-order valence-electron chi connectivity index (χ4n) is 1.42. The van der Waals surface area contributed by atoms with Crippen molar-refractivity contribution in [3.63, 3.8) is 0 Å². The van der Waals surface area contributed by atoms with Crippen LogP contribution in [-0.4, -0.2) is 21.2 Å². The number of nitrogens with one attached hydrogen (secondary N) is 1. The van der Waals surface area contributed by atoms with Gasteiger partial charge in [0.1, 0.15) is 5.75 Å². The van der Waals surface area contributed by atoms with Crippen LogP contribution in [0.25, 0.3) is 10.9 Å². The molecule has 15 heavy (non-hydrogen) atoms. The Morgan fingerprint density at radius 2 is 2.00 bits per heavy atom. The maximum Gasteiger partial charge on any atom is 0.336 e. The van der Waals surface area contributed by atoms with Gasteiger partial charge in [-0.15, -0.1) is 0 Å². The molecule has 0 spiro atoms. The number of phenols is 1.